The van der Waals surface area contributed by atoms with Gasteiger partial charge in [0.05, 0.1) is 12.2 Å². The van der Waals surface area contributed by atoms with Gasteiger partial charge in [-0.25, -0.2) is 0 Å². The van der Waals surface area contributed by atoms with Crippen molar-refractivity contribution in [3.8, 4) is 0 Å². The van der Waals surface area contributed by atoms with Crippen molar-refractivity contribution in [3.05, 3.63) is 0 Å². The zero-order chi connectivity index (χ0) is 21.0. The Morgan fingerprint density at radius 3 is 1.15 bits per heavy atom. The summed E-state index contributed by atoms with van der Waals surface area (Å²) in [5.41, 5.74) is -5.68. The average molecular weight is 548 g/mol. The van der Waals surface area contributed by atoms with Crippen LogP contribution in [0.25, 0.3) is 0 Å². The molecule has 0 N–H and O–H groups in total. The molecule has 0 amide bonds. The van der Waals surface area contributed by atoms with Gasteiger partial charge in [-0.1, -0.05) is 65.2 Å². The molecule has 0 radical (unpaired) electrons. The molecule has 0 aliphatic rings. The van der Waals surface area contributed by atoms with E-state index in [0.717, 1.165) is 25.7 Å². The van der Waals surface area contributed by atoms with Crippen molar-refractivity contribution in [2.75, 3.05) is 0 Å². The smallest absolute Gasteiger partial charge is 0.793 e. The molecule has 0 saturated carbocycles. The first-order valence-electron chi connectivity index (χ1n) is 9.17. The molecule has 0 aromatic heterocycles. The minimum atomic E-state index is -2.84. The maximum atomic E-state index is 11.7. The van der Waals surface area contributed by atoms with Gasteiger partial charge in [-0.3, -0.25) is 0 Å². The van der Waals surface area contributed by atoms with E-state index < -0.39 is 11.4 Å². The van der Waals surface area contributed by atoms with E-state index in [1.54, 1.807) is 0 Å². The van der Waals surface area contributed by atoms with Crippen LogP contribution in [0.3, 0.4) is 0 Å². The van der Waals surface area contributed by atoms with E-state index in [0.29, 0.717) is 10.5 Å². The SMILES string of the molecule is CCC(C)OP([O-])(=S)SC(C)CC.CCC(C)OP([O-])(=S)SC(C)CC.[Zn+2]. The predicted octanol–water partition coefficient (Wildman–Crippen LogP) is 5.83. The Kier molecular flexibility index (Phi) is 22.8. The Morgan fingerprint density at radius 2 is 0.963 bits per heavy atom. The summed E-state index contributed by atoms with van der Waals surface area (Å²) in [5.74, 6) is 0. The molecule has 0 aliphatic carbocycles. The predicted molar refractivity (Wildman–Crippen MR) is 125 cm³/mol. The van der Waals surface area contributed by atoms with Gasteiger partial charge in [0.1, 0.15) is 0 Å². The van der Waals surface area contributed by atoms with Gasteiger partial charge in [0.15, 0.2) is 0 Å². The molecule has 0 rings (SSSR count). The molecule has 0 aromatic rings. The van der Waals surface area contributed by atoms with Crippen LogP contribution in [0.4, 0.5) is 0 Å². The quantitative estimate of drug-likeness (QED) is 0.223. The average Bonchev–Trinajstić information content (AvgIpc) is 2.52. The maximum absolute atomic E-state index is 11.7. The monoisotopic (exact) mass is 546 g/mol. The van der Waals surface area contributed by atoms with Crippen LogP contribution in [0.2, 0.25) is 0 Å². The molecule has 0 fully saturated rings. The number of rotatable bonds is 12. The molecule has 0 saturated heterocycles. The molecule has 6 unspecified atom stereocenters. The number of hydrogen-bond donors (Lipinski definition) is 0. The topological polar surface area (TPSA) is 64.6 Å². The van der Waals surface area contributed by atoms with Crippen LogP contribution in [0.1, 0.15) is 81.1 Å². The van der Waals surface area contributed by atoms with Gasteiger partial charge in [0.2, 0.25) is 0 Å². The second-order valence-corrected chi connectivity index (χ2v) is 18.9. The minimum Gasteiger partial charge on any atom is -0.793 e. The molecular formula is C16H36O4P2S4Zn. The standard InChI is InChI=1S/2C8H19O2PS2.Zn/c2*1-5-7(3)10-11(9,12)13-8(4)6-2;/h2*7-8H,5-6H2,1-4H3,(H,9,12);/q;;+2/p-2. The van der Waals surface area contributed by atoms with Gasteiger partial charge in [-0.15, -0.1) is 22.8 Å². The molecule has 0 bridgehead atoms. The van der Waals surface area contributed by atoms with E-state index in [2.05, 4.69) is 13.8 Å². The van der Waals surface area contributed by atoms with Gasteiger partial charge >= 0.3 is 19.5 Å². The second kappa shape index (κ2) is 18.1. The van der Waals surface area contributed by atoms with Gasteiger partial charge < -0.3 is 18.8 Å². The largest absolute Gasteiger partial charge is 2.00 e. The van der Waals surface area contributed by atoms with E-state index in [-0.39, 0.29) is 31.7 Å². The summed E-state index contributed by atoms with van der Waals surface area (Å²) in [4.78, 5) is 23.4. The normalized spacial score (nSPS) is 19.9. The molecule has 27 heavy (non-hydrogen) atoms. The fourth-order valence-corrected chi connectivity index (χ4v) is 11.9. The first-order chi connectivity index (χ1) is 11.8. The minimum absolute atomic E-state index is 0. The second-order valence-electron chi connectivity index (χ2n) is 6.19. The number of hydrogen-bond acceptors (Lipinski definition) is 8. The van der Waals surface area contributed by atoms with Gasteiger partial charge in [0.25, 0.3) is 0 Å². The van der Waals surface area contributed by atoms with Crippen LogP contribution >= 0.6 is 34.2 Å². The van der Waals surface area contributed by atoms with E-state index in [1.165, 1.54) is 22.8 Å². The summed E-state index contributed by atoms with van der Waals surface area (Å²) in [7, 11) is 0. The third-order valence-electron chi connectivity index (χ3n) is 3.54. The Bertz CT molecular complexity index is 388. The summed E-state index contributed by atoms with van der Waals surface area (Å²) in [5, 5.41) is 0.625. The Morgan fingerprint density at radius 1 is 0.704 bits per heavy atom. The van der Waals surface area contributed by atoms with E-state index >= 15 is 0 Å². The molecule has 0 spiro atoms. The van der Waals surface area contributed by atoms with Crippen LogP contribution in [-0.4, -0.2) is 22.7 Å². The van der Waals surface area contributed by atoms with E-state index in [4.69, 9.17) is 32.7 Å². The summed E-state index contributed by atoms with van der Waals surface area (Å²) >= 11 is 12.4. The summed E-state index contributed by atoms with van der Waals surface area (Å²) in [6, 6.07) is 0. The van der Waals surface area contributed by atoms with Crippen molar-refractivity contribution < 1.29 is 38.3 Å². The van der Waals surface area contributed by atoms with Crippen molar-refractivity contribution in [3.63, 3.8) is 0 Å². The molecule has 0 heterocycles. The van der Waals surface area contributed by atoms with Crippen LogP contribution in [0, 0.1) is 0 Å². The fourth-order valence-electron chi connectivity index (χ4n) is 1.23. The van der Waals surface area contributed by atoms with Crippen molar-refractivity contribution in [2.45, 2.75) is 104 Å². The Balaban J connectivity index is -0.000000411. The first kappa shape index (κ1) is 34.1. The van der Waals surface area contributed by atoms with Gasteiger partial charge in [-0.2, -0.15) is 0 Å². The van der Waals surface area contributed by atoms with Crippen molar-refractivity contribution >= 4 is 57.8 Å². The van der Waals surface area contributed by atoms with Crippen molar-refractivity contribution in [1.29, 1.82) is 0 Å². The Hall–Kier alpha value is 2.46. The summed E-state index contributed by atoms with van der Waals surface area (Å²) in [6.45, 7) is 15.9. The molecule has 0 aliphatic heterocycles. The van der Waals surface area contributed by atoms with E-state index in [1.807, 2.05) is 41.5 Å². The molecule has 160 valence electrons. The fraction of sp³-hybridized carbons (Fsp3) is 1.00. The molecular weight excluding hydrogens is 512 g/mol. The summed E-state index contributed by atoms with van der Waals surface area (Å²) in [6.07, 6.45) is 3.63. The molecule has 11 heteroatoms. The molecule has 0 aromatic carbocycles. The third-order valence-corrected chi connectivity index (χ3v) is 13.0. The van der Waals surface area contributed by atoms with Crippen molar-refractivity contribution in [2.24, 2.45) is 0 Å². The first-order valence-corrected chi connectivity index (χ1v) is 17.4. The zero-order valence-corrected chi connectivity index (χ0v) is 26.0. The maximum Gasteiger partial charge on any atom is 2.00 e. The Labute approximate surface area is 198 Å². The third kappa shape index (κ3) is 21.5. The van der Waals surface area contributed by atoms with Crippen LogP contribution in [-0.2, 0) is 52.1 Å². The van der Waals surface area contributed by atoms with Gasteiger partial charge in [-0.05, 0) is 39.5 Å². The van der Waals surface area contributed by atoms with Crippen molar-refractivity contribution in [1.82, 2.24) is 0 Å². The summed E-state index contributed by atoms with van der Waals surface area (Å²) < 4.78 is 10.6. The van der Waals surface area contributed by atoms with E-state index in [9.17, 15) is 9.79 Å². The zero-order valence-electron chi connectivity index (χ0n) is 18.0. The van der Waals surface area contributed by atoms with Crippen LogP contribution < -0.4 is 9.79 Å². The van der Waals surface area contributed by atoms with Crippen LogP contribution in [0.5, 0.6) is 0 Å². The molecule has 4 nitrogen and oxygen atoms in total. The van der Waals surface area contributed by atoms with Crippen LogP contribution in [0.15, 0.2) is 0 Å². The molecule has 6 atom stereocenters. The van der Waals surface area contributed by atoms with Gasteiger partial charge in [0, 0.05) is 21.9 Å².